The molecular formula is C27H35IN2O3. The van der Waals surface area contributed by atoms with Crippen LogP contribution in [0, 0.1) is 3.57 Å². The van der Waals surface area contributed by atoms with Crippen molar-refractivity contribution in [3.05, 3.63) is 63.2 Å². The zero-order valence-electron chi connectivity index (χ0n) is 20.1. The summed E-state index contributed by atoms with van der Waals surface area (Å²) in [6, 6.07) is 17.3. The topological polar surface area (TPSA) is 42.0 Å². The second kappa shape index (κ2) is 10.2. The number of nitrogens with zero attached hydrogens (tertiary/aromatic N) is 2. The molecule has 2 aromatic rings. The molecule has 1 saturated heterocycles. The Labute approximate surface area is 211 Å². The molecule has 2 fully saturated rings. The molecule has 6 heteroatoms. The van der Waals surface area contributed by atoms with E-state index in [4.69, 9.17) is 9.47 Å². The predicted octanol–water partition coefficient (Wildman–Crippen LogP) is 6.23. The van der Waals surface area contributed by atoms with Crippen molar-refractivity contribution in [2.45, 2.75) is 64.2 Å². The summed E-state index contributed by atoms with van der Waals surface area (Å²) in [6.45, 7) is 10.9. The van der Waals surface area contributed by atoms with Crippen molar-refractivity contribution in [3.8, 4) is 5.75 Å². The largest absolute Gasteiger partial charge is 0.484 e. The third kappa shape index (κ3) is 6.85. The van der Waals surface area contributed by atoms with Gasteiger partial charge in [0.15, 0.2) is 0 Å². The quantitative estimate of drug-likeness (QED) is 0.392. The number of hydrogen-bond donors (Lipinski definition) is 0. The van der Waals surface area contributed by atoms with Crippen molar-refractivity contribution >= 4 is 28.7 Å². The van der Waals surface area contributed by atoms with E-state index in [1.165, 1.54) is 27.5 Å². The summed E-state index contributed by atoms with van der Waals surface area (Å²) < 4.78 is 13.3. The Bertz CT molecular complexity index is 935. The lowest BCUT2D eigenvalue weighted by Crippen LogP contribution is -2.55. The molecule has 1 saturated carbocycles. The third-order valence-electron chi connectivity index (χ3n) is 6.21. The number of carbonyl (C=O) groups excluding carboxylic acids is 1. The van der Waals surface area contributed by atoms with Crippen LogP contribution < -0.4 is 4.74 Å². The highest BCUT2D eigenvalue weighted by Gasteiger charge is 2.32. The van der Waals surface area contributed by atoms with Gasteiger partial charge in [-0.15, -0.1) is 0 Å². The molecule has 1 aliphatic heterocycles. The minimum absolute atomic E-state index is 0.0707. The third-order valence-corrected chi connectivity index (χ3v) is 6.93. The van der Waals surface area contributed by atoms with Crippen LogP contribution in [-0.2, 0) is 4.74 Å². The molecule has 0 spiro atoms. The fraction of sp³-hybridized carbons (Fsp3) is 0.519. The highest BCUT2D eigenvalue weighted by Crippen LogP contribution is 2.40. The van der Waals surface area contributed by atoms with E-state index < -0.39 is 5.60 Å². The zero-order valence-corrected chi connectivity index (χ0v) is 22.2. The molecule has 33 heavy (non-hydrogen) atoms. The molecule has 2 aromatic carbocycles. The Balaban J connectivity index is 1.44. The zero-order chi connectivity index (χ0) is 23.6. The van der Waals surface area contributed by atoms with Gasteiger partial charge < -0.3 is 14.4 Å². The number of halogens is 1. The molecule has 0 radical (unpaired) electrons. The number of amides is 1. The van der Waals surface area contributed by atoms with Crippen LogP contribution in [0.25, 0.3) is 0 Å². The molecule has 1 unspecified atom stereocenters. The smallest absolute Gasteiger partial charge is 0.410 e. The summed E-state index contributed by atoms with van der Waals surface area (Å²) in [5.74, 6) is 1.63. The van der Waals surface area contributed by atoms with Crippen LogP contribution in [0.3, 0.4) is 0 Å². The van der Waals surface area contributed by atoms with Crippen molar-refractivity contribution in [2.75, 3.05) is 26.2 Å². The van der Waals surface area contributed by atoms with Crippen LogP contribution in [0.4, 0.5) is 4.79 Å². The molecule has 1 amide bonds. The normalized spacial score (nSPS) is 20.4. The van der Waals surface area contributed by atoms with E-state index in [0.29, 0.717) is 6.54 Å². The van der Waals surface area contributed by atoms with Gasteiger partial charge in [-0.3, -0.25) is 4.90 Å². The van der Waals surface area contributed by atoms with E-state index in [-0.39, 0.29) is 18.2 Å². The molecule has 2 aliphatic rings. The second-order valence-electron chi connectivity index (χ2n) is 10.3. The van der Waals surface area contributed by atoms with E-state index in [1.807, 2.05) is 37.8 Å². The van der Waals surface area contributed by atoms with Gasteiger partial charge in [-0.25, -0.2) is 4.79 Å². The Morgan fingerprint density at radius 1 is 1.06 bits per heavy atom. The average Bonchev–Trinajstić information content (AvgIpc) is 3.59. The van der Waals surface area contributed by atoms with E-state index in [9.17, 15) is 4.79 Å². The molecule has 0 bridgehead atoms. The van der Waals surface area contributed by atoms with Crippen LogP contribution in [0.15, 0.2) is 48.5 Å². The summed E-state index contributed by atoms with van der Waals surface area (Å²) in [4.78, 5) is 16.8. The summed E-state index contributed by atoms with van der Waals surface area (Å²) in [6.07, 6.45) is 2.32. The standard InChI is InChI=1S/C27H35IN2O3/c1-19-17-29(15-16-30(19)26(31)33-27(2,3)4)18-25(32-24-13-11-23(28)12-14-24)22-9-7-21(8-10-22)20-5-6-20/h7-14,19-20,25H,5-6,15-18H2,1-4H3/t19-,25?/m1/s1. The van der Waals surface area contributed by atoms with Gasteiger partial charge in [0.25, 0.3) is 0 Å². The first-order chi connectivity index (χ1) is 15.7. The molecule has 0 aromatic heterocycles. The van der Waals surface area contributed by atoms with Gasteiger partial charge >= 0.3 is 6.09 Å². The highest BCUT2D eigenvalue weighted by molar-refractivity contribution is 14.1. The maximum Gasteiger partial charge on any atom is 0.410 e. The summed E-state index contributed by atoms with van der Waals surface area (Å²) in [5, 5.41) is 0. The average molecular weight is 562 g/mol. The lowest BCUT2D eigenvalue weighted by Gasteiger charge is -2.41. The minimum atomic E-state index is -0.479. The molecule has 4 rings (SSSR count). The molecule has 2 atom stereocenters. The molecule has 1 aliphatic carbocycles. The van der Waals surface area contributed by atoms with Crippen molar-refractivity contribution in [3.63, 3.8) is 0 Å². The van der Waals surface area contributed by atoms with Crippen LogP contribution in [-0.4, -0.2) is 53.7 Å². The monoisotopic (exact) mass is 562 g/mol. The highest BCUT2D eigenvalue weighted by atomic mass is 127. The fourth-order valence-corrected chi connectivity index (χ4v) is 4.67. The summed E-state index contributed by atoms with van der Waals surface area (Å²) in [5.41, 5.74) is 2.15. The van der Waals surface area contributed by atoms with Crippen LogP contribution in [0.1, 0.15) is 63.7 Å². The van der Waals surface area contributed by atoms with Gasteiger partial charge in [0, 0.05) is 35.8 Å². The fourth-order valence-electron chi connectivity index (χ4n) is 4.31. The number of rotatable bonds is 6. The van der Waals surface area contributed by atoms with Crippen LogP contribution in [0.2, 0.25) is 0 Å². The molecular weight excluding hydrogens is 527 g/mol. The van der Waals surface area contributed by atoms with Gasteiger partial charge in [0.05, 0.1) is 0 Å². The summed E-state index contributed by atoms with van der Waals surface area (Å²) in [7, 11) is 0. The molecule has 0 N–H and O–H groups in total. The van der Waals surface area contributed by atoms with E-state index >= 15 is 0 Å². The first-order valence-electron chi connectivity index (χ1n) is 11.9. The van der Waals surface area contributed by atoms with Gasteiger partial charge in [-0.05, 0) is 104 Å². The van der Waals surface area contributed by atoms with Gasteiger partial charge in [0.2, 0.25) is 0 Å². The Kier molecular flexibility index (Phi) is 7.53. The maximum absolute atomic E-state index is 12.6. The molecule has 178 valence electrons. The van der Waals surface area contributed by atoms with Crippen molar-refractivity contribution in [1.82, 2.24) is 9.80 Å². The maximum atomic E-state index is 12.6. The number of carbonyl (C=O) groups is 1. The van der Waals surface area contributed by atoms with E-state index in [2.05, 4.69) is 70.8 Å². The lowest BCUT2D eigenvalue weighted by atomic mass is 10.0. The van der Waals surface area contributed by atoms with Gasteiger partial charge in [0.1, 0.15) is 17.5 Å². The second-order valence-corrected chi connectivity index (χ2v) is 11.5. The number of piperazine rings is 1. The molecule has 5 nitrogen and oxygen atoms in total. The Hall–Kier alpha value is -1.80. The number of ether oxygens (including phenoxy) is 2. The number of benzene rings is 2. The lowest BCUT2D eigenvalue weighted by molar-refractivity contribution is -0.00297. The van der Waals surface area contributed by atoms with Gasteiger partial charge in [-0.2, -0.15) is 0 Å². The minimum Gasteiger partial charge on any atom is -0.484 e. The van der Waals surface area contributed by atoms with E-state index in [1.54, 1.807) is 0 Å². The first kappa shape index (κ1) is 24.3. The van der Waals surface area contributed by atoms with E-state index in [0.717, 1.165) is 31.3 Å². The summed E-state index contributed by atoms with van der Waals surface area (Å²) >= 11 is 2.31. The van der Waals surface area contributed by atoms with Crippen LogP contribution >= 0.6 is 22.6 Å². The van der Waals surface area contributed by atoms with Gasteiger partial charge in [-0.1, -0.05) is 24.3 Å². The first-order valence-corrected chi connectivity index (χ1v) is 13.0. The molecule has 1 heterocycles. The SMILES string of the molecule is C[C@@H]1CN(CC(Oc2ccc(I)cc2)c2ccc(C3CC3)cc2)CCN1C(=O)OC(C)(C)C. The Morgan fingerprint density at radius 3 is 2.30 bits per heavy atom. The van der Waals surface area contributed by atoms with Crippen molar-refractivity contribution in [2.24, 2.45) is 0 Å². The van der Waals surface area contributed by atoms with Crippen LogP contribution in [0.5, 0.6) is 5.75 Å². The van der Waals surface area contributed by atoms with Crippen molar-refractivity contribution < 1.29 is 14.3 Å². The predicted molar refractivity (Wildman–Crippen MR) is 140 cm³/mol. The Morgan fingerprint density at radius 2 is 1.73 bits per heavy atom. The number of hydrogen-bond acceptors (Lipinski definition) is 4. The van der Waals surface area contributed by atoms with Crippen molar-refractivity contribution in [1.29, 1.82) is 0 Å².